The van der Waals surface area contributed by atoms with Gasteiger partial charge in [0.15, 0.2) is 0 Å². The van der Waals surface area contributed by atoms with Crippen molar-refractivity contribution < 1.29 is 21.5 Å². The van der Waals surface area contributed by atoms with Crippen LogP contribution in [0.4, 0.5) is 0 Å². The first kappa shape index (κ1) is 25.0. The van der Waals surface area contributed by atoms with Gasteiger partial charge < -0.3 is 21.5 Å². The molecule has 1 nitrogen and oxygen atoms in total. The van der Waals surface area contributed by atoms with Gasteiger partial charge in [-0.2, -0.15) is 0 Å². The summed E-state index contributed by atoms with van der Waals surface area (Å²) in [5.74, 6) is 0.783. The second kappa shape index (κ2) is 18.1. The molecule has 0 bridgehead atoms. The molecule has 0 N–H and O–H groups in total. The summed E-state index contributed by atoms with van der Waals surface area (Å²) in [6.07, 6.45) is 18.7. The third kappa shape index (κ3) is 18.8. The van der Waals surface area contributed by atoms with Crippen molar-refractivity contribution in [2.45, 2.75) is 90.4 Å². The molecule has 0 fully saturated rings. The van der Waals surface area contributed by atoms with E-state index >= 15 is 0 Å². The number of nitrogens with zero attached hydrogens (tertiary/aromatic N) is 1. The molecule has 0 radical (unpaired) electrons. The lowest BCUT2D eigenvalue weighted by Crippen LogP contribution is -3.00. The summed E-state index contributed by atoms with van der Waals surface area (Å²) in [6, 6.07) is 0. The van der Waals surface area contributed by atoms with Crippen molar-refractivity contribution in [3.05, 3.63) is 0 Å². The summed E-state index contributed by atoms with van der Waals surface area (Å²) in [7, 11) is 4.59. The Labute approximate surface area is 156 Å². The minimum atomic E-state index is 0. The highest BCUT2D eigenvalue weighted by atomic mass is 79.9. The quantitative estimate of drug-likeness (QED) is 0.212. The van der Waals surface area contributed by atoms with Gasteiger partial charge in [0.1, 0.15) is 0 Å². The average Bonchev–Trinajstić information content (AvgIpc) is 2.44. The molecule has 0 amide bonds. The zero-order valence-electron chi connectivity index (χ0n) is 15.5. The van der Waals surface area contributed by atoms with Gasteiger partial charge in [0, 0.05) is 0 Å². The number of hydrogen-bond donors (Lipinski definition) is 0. The van der Waals surface area contributed by atoms with Gasteiger partial charge in [-0.15, -0.1) is 11.6 Å². The molecule has 0 spiro atoms. The maximum Gasteiger partial charge on any atom is 0.0920 e. The molecule has 0 aromatic rings. The van der Waals surface area contributed by atoms with Gasteiger partial charge in [0.2, 0.25) is 0 Å². The number of quaternary nitrogens is 1. The van der Waals surface area contributed by atoms with Gasteiger partial charge in [0.25, 0.3) is 0 Å². The molecule has 0 aromatic heterocycles. The maximum atomic E-state index is 5.83. The number of unbranched alkanes of at least 4 members (excludes halogenated alkanes) is 12. The Morgan fingerprint density at radius 1 is 0.591 bits per heavy atom. The molecule has 0 aliphatic heterocycles. The molecule has 22 heavy (non-hydrogen) atoms. The molecule has 0 rings (SSSR count). The Balaban J connectivity index is 0. The van der Waals surface area contributed by atoms with Gasteiger partial charge in [-0.3, -0.25) is 0 Å². The first-order valence-electron chi connectivity index (χ1n) is 9.50. The summed E-state index contributed by atoms with van der Waals surface area (Å²) in [6.45, 7) is 4.67. The average molecular weight is 399 g/mol. The van der Waals surface area contributed by atoms with E-state index in [2.05, 4.69) is 21.0 Å². The van der Waals surface area contributed by atoms with E-state index in [1.807, 2.05) is 0 Å². The van der Waals surface area contributed by atoms with Crippen LogP contribution in [0, 0.1) is 0 Å². The molecule has 136 valence electrons. The highest BCUT2D eigenvalue weighted by molar-refractivity contribution is 6.17. The van der Waals surface area contributed by atoms with Crippen LogP contribution in [0.5, 0.6) is 0 Å². The van der Waals surface area contributed by atoms with Gasteiger partial charge in [-0.1, -0.05) is 77.6 Å². The first-order valence-corrected chi connectivity index (χ1v) is 10.0. The fourth-order valence-corrected chi connectivity index (χ4v) is 3.36. The molecule has 0 atom stereocenters. The maximum absolute atomic E-state index is 5.83. The molecule has 3 heteroatoms. The van der Waals surface area contributed by atoms with Crippen molar-refractivity contribution in [3.8, 4) is 0 Å². The Kier molecular flexibility index (Phi) is 20.5. The van der Waals surface area contributed by atoms with Crippen molar-refractivity contribution in [1.82, 2.24) is 0 Å². The van der Waals surface area contributed by atoms with E-state index in [9.17, 15) is 0 Å². The molecule has 0 unspecified atom stereocenters. The predicted molar refractivity (Wildman–Crippen MR) is 98.3 cm³/mol. The molecular formula is C19H41BrClN. The lowest BCUT2D eigenvalue weighted by Gasteiger charge is -2.28. The minimum absolute atomic E-state index is 0. The van der Waals surface area contributed by atoms with Crippen LogP contribution in [-0.2, 0) is 0 Å². The lowest BCUT2D eigenvalue weighted by molar-refractivity contribution is -0.888. The molecule has 0 heterocycles. The van der Waals surface area contributed by atoms with Crippen LogP contribution in [-0.4, -0.2) is 37.5 Å². The van der Waals surface area contributed by atoms with Gasteiger partial charge >= 0.3 is 0 Å². The van der Waals surface area contributed by atoms with E-state index in [1.54, 1.807) is 0 Å². The van der Waals surface area contributed by atoms with Crippen LogP contribution in [0.25, 0.3) is 0 Å². The minimum Gasteiger partial charge on any atom is -1.00 e. The van der Waals surface area contributed by atoms with Crippen molar-refractivity contribution in [2.24, 2.45) is 0 Å². The zero-order chi connectivity index (χ0) is 15.8. The van der Waals surface area contributed by atoms with Crippen molar-refractivity contribution >= 4 is 11.6 Å². The van der Waals surface area contributed by atoms with Gasteiger partial charge in [0.05, 0.1) is 33.1 Å². The molecule has 0 aliphatic carbocycles. The molecule has 0 saturated heterocycles. The van der Waals surface area contributed by atoms with E-state index < -0.39 is 0 Å². The fourth-order valence-electron chi connectivity index (χ4n) is 2.90. The van der Waals surface area contributed by atoms with Crippen molar-refractivity contribution in [3.63, 3.8) is 0 Å². The second-order valence-electron chi connectivity index (χ2n) is 7.31. The third-order valence-electron chi connectivity index (χ3n) is 4.56. The van der Waals surface area contributed by atoms with Gasteiger partial charge in [-0.25, -0.2) is 0 Å². The van der Waals surface area contributed by atoms with E-state index in [0.717, 1.165) is 16.9 Å². The van der Waals surface area contributed by atoms with E-state index in [0.29, 0.717) is 0 Å². The smallest absolute Gasteiger partial charge is 0.0920 e. The summed E-state index contributed by atoms with van der Waals surface area (Å²) < 4.78 is 1.08. The van der Waals surface area contributed by atoms with E-state index in [-0.39, 0.29) is 17.0 Å². The van der Waals surface area contributed by atoms with Gasteiger partial charge in [-0.05, 0) is 12.8 Å². The zero-order valence-corrected chi connectivity index (χ0v) is 17.9. The van der Waals surface area contributed by atoms with Crippen LogP contribution < -0.4 is 17.0 Å². The Morgan fingerprint density at radius 3 is 1.32 bits per heavy atom. The van der Waals surface area contributed by atoms with Crippen LogP contribution >= 0.6 is 11.6 Å². The van der Waals surface area contributed by atoms with E-state index in [1.165, 1.54) is 90.0 Å². The van der Waals surface area contributed by atoms with E-state index in [4.69, 9.17) is 11.6 Å². The Hall–Kier alpha value is 0.730. The molecule has 0 aliphatic rings. The van der Waals surface area contributed by atoms with Crippen LogP contribution in [0.2, 0.25) is 0 Å². The second-order valence-corrected chi connectivity index (χ2v) is 7.69. The highest BCUT2D eigenvalue weighted by Crippen LogP contribution is 2.13. The van der Waals surface area contributed by atoms with Crippen molar-refractivity contribution in [2.75, 3.05) is 33.1 Å². The van der Waals surface area contributed by atoms with Crippen LogP contribution in [0.3, 0.4) is 0 Å². The van der Waals surface area contributed by atoms with Crippen LogP contribution in [0.1, 0.15) is 90.4 Å². The highest BCUT2D eigenvalue weighted by Gasteiger charge is 2.12. The number of halogens is 2. The van der Waals surface area contributed by atoms with Crippen LogP contribution in [0.15, 0.2) is 0 Å². The summed E-state index contributed by atoms with van der Waals surface area (Å²) >= 11 is 5.83. The standard InChI is InChI=1S/C19H41ClN.BrH/c1-4-5-6-7-8-9-10-11-12-13-14-15-16-18-21(2,3)19-17-20;/h4-19H2,1-3H3;1H/q+1;/p-1. The monoisotopic (exact) mass is 397 g/mol. The first-order chi connectivity index (χ1) is 10.1. The third-order valence-corrected chi connectivity index (χ3v) is 4.73. The molecule has 0 aromatic carbocycles. The number of rotatable bonds is 16. The Morgan fingerprint density at radius 2 is 0.955 bits per heavy atom. The Bertz CT molecular complexity index is 210. The summed E-state index contributed by atoms with van der Waals surface area (Å²) in [5, 5.41) is 0. The normalized spacial score (nSPS) is 11.5. The summed E-state index contributed by atoms with van der Waals surface area (Å²) in [4.78, 5) is 0. The SMILES string of the molecule is CCCCCCCCCCCCCCC[N+](C)(C)CCCl.[Br-]. The fraction of sp³-hybridized carbons (Fsp3) is 1.00. The topological polar surface area (TPSA) is 0 Å². The van der Waals surface area contributed by atoms with Crippen molar-refractivity contribution in [1.29, 1.82) is 0 Å². The predicted octanol–water partition coefficient (Wildman–Crippen LogP) is 3.40. The molecular weight excluding hydrogens is 358 g/mol. The summed E-state index contributed by atoms with van der Waals surface area (Å²) in [5.41, 5.74) is 0. The molecule has 0 saturated carbocycles. The largest absolute Gasteiger partial charge is 1.00 e. The lowest BCUT2D eigenvalue weighted by atomic mass is 10.0. The number of alkyl halides is 1. The number of hydrogen-bond acceptors (Lipinski definition) is 0.